The molecule has 228 valence electrons. The molecule has 0 saturated carbocycles. The fraction of sp³-hybridized carbons (Fsp3) is 0.458. The number of carbonyl (C=O) groups excluding carboxylic acids is 2. The second-order valence-corrected chi connectivity index (χ2v) is 11.8. The van der Waals surface area contributed by atoms with E-state index >= 15 is 0 Å². The Morgan fingerprint density at radius 2 is 1.43 bits per heavy atom. The third kappa shape index (κ3) is 8.82. The Morgan fingerprint density at radius 1 is 0.905 bits per heavy atom. The van der Waals surface area contributed by atoms with Gasteiger partial charge in [-0.3, -0.25) is 9.68 Å². The van der Waals surface area contributed by atoms with Crippen LogP contribution in [0, 0.1) is 7.14 Å². The van der Waals surface area contributed by atoms with Gasteiger partial charge in [-0.1, -0.05) is 9.69 Å². The summed E-state index contributed by atoms with van der Waals surface area (Å²) in [5.74, 6) is -0.121. The summed E-state index contributed by atoms with van der Waals surface area (Å²) in [4.78, 5) is 44.8. The van der Waals surface area contributed by atoms with Crippen molar-refractivity contribution in [2.75, 3.05) is 44.2 Å². The Kier molecular flexibility index (Phi) is 10.7. The van der Waals surface area contributed by atoms with Crippen LogP contribution in [0.1, 0.15) is 19.4 Å². The number of alkyl halides is 3. The van der Waals surface area contributed by atoms with E-state index in [2.05, 4.69) is 37.8 Å². The highest BCUT2D eigenvalue weighted by atomic mass is 127. The lowest BCUT2D eigenvalue weighted by molar-refractivity contribution is -0.137. The van der Waals surface area contributed by atoms with Gasteiger partial charge in [-0.2, -0.15) is 13.2 Å². The fourth-order valence-corrected chi connectivity index (χ4v) is 4.97. The van der Waals surface area contributed by atoms with Crippen molar-refractivity contribution in [1.29, 1.82) is 0 Å². The molecule has 0 bridgehead atoms. The lowest BCUT2D eigenvalue weighted by Gasteiger charge is -2.35. The smallest absolute Gasteiger partial charge is 0.372 e. The molecule has 0 spiro atoms. The number of amides is 2. The van der Waals surface area contributed by atoms with Crippen molar-refractivity contribution in [2.45, 2.75) is 32.2 Å². The quantitative estimate of drug-likeness (QED) is 0.367. The van der Waals surface area contributed by atoms with E-state index in [0.717, 1.165) is 18.1 Å². The van der Waals surface area contributed by atoms with E-state index in [1.165, 1.54) is 39.3 Å². The van der Waals surface area contributed by atoms with Gasteiger partial charge in [0, 0.05) is 32.4 Å². The van der Waals surface area contributed by atoms with Crippen molar-refractivity contribution in [3.63, 3.8) is 0 Å². The first-order valence-corrected chi connectivity index (χ1v) is 14.8. The lowest BCUT2D eigenvalue weighted by Crippen LogP contribution is -2.51. The number of piperazine rings is 1. The van der Waals surface area contributed by atoms with Gasteiger partial charge in [0.05, 0.1) is 62.8 Å². The van der Waals surface area contributed by atoms with Crippen molar-refractivity contribution in [1.82, 2.24) is 34.7 Å². The molecule has 2 unspecified atom stereocenters. The van der Waals surface area contributed by atoms with E-state index in [1.54, 1.807) is 17.3 Å². The number of hydrogen-bond acceptors (Lipinski definition) is 9. The molecule has 0 aliphatic carbocycles. The topological polar surface area (TPSA) is 120 Å². The van der Waals surface area contributed by atoms with Gasteiger partial charge in [-0.15, -0.1) is 10.2 Å². The van der Waals surface area contributed by atoms with Crippen LogP contribution in [-0.4, -0.2) is 98.3 Å². The average molecular weight is 818 g/mol. The van der Waals surface area contributed by atoms with Crippen LogP contribution in [-0.2, 0) is 10.9 Å². The molecule has 0 aromatic carbocycles. The van der Waals surface area contributed by atoms with Gasteiger partial charge in [-0.25, -0.2) is 14.6 Å². The summed E-state index contributed by atoms with van der Waals surface area (Å²) in [6, 6.07) is 2.26. The van der Waals surface area contributed by atoms with Crippen molar-refractivity contribution in [3.05, 3.63) is 55.8 Å². The van der Waals surface area contributed by atoms with E-state index < -0.39 is 23.9 Å². The zero-order valence-corrected chi connectivity index (χ0v) is 26.8. The van der Waals surface area contributed by atoms with Crippen LogP contribution in [0.25, 0.3) is 0 Å². The van der Waals surface area contributed by atoms with Crippen LogP contribution in [0.3, 0.4) is 0 Å². The third-order valence-electron chi connectivity index (χ3n) is 6.01. The molecule has 2 fully saturated rings. The fourth-order valence-electron chi connectivity index (χ4n) is 4.24. The number of ether oxygens (including phenoxy) is 1. The van der Waals surface area contributed by atoms with Gasteiger partial charge < -0.3 is 19.4 Å². The molecule has 42 heavy (non-hydrogen) atoms. The Hall–Kier alpha value is -2.88. The maximum atomic E-state index is 13.1. The third-order valence-corrected chi connectivity index (χ3v) is 7.12. The molecule has 13 nitrogen and oxygen atoms in total. The van der Waals surface area contributed by atoms with Crippen LogP contribution in [0.5, 0.6) is 0 Å². The summed E-state index contributed by atoms with van der Waals surface area (Å²) < 4.78 is 46.5. The minimum Gasteiger partial charge on any atom is -0.372 e. The summed E-state index contributed by atoms with van der Waals surface area (Å²) in [6.07, 6.45) is 2.26. The number of aromatic nitrogens is 5. The zero-order valence-electron chi connectivity index (χ0n) is 22.4. The first kappa shape index (κ1) is 32.0. The summed E-state index contributed by atoms with van der Waals surface area (Å²) >= 11 is 4.13. The highest BCUT2D eigenvalue weighted by Gasteiger charge is 2.36. The maximum absolute atomic E-state index is 13.1. The van der Waals surface area contributed by atoms with Crippen LogP contribution in [0.15, 0.2) is 43.1 Å². The Balaban J connectivity index is 0.000000208. The first-order chi connectivity index (χ1) is 19.9. The number of rotatable bonds is 3. The number of halogens is 5. The minimum atomic E-state index is -4.48. The van der Waals surface area contributed by atoms with Gasteiger partial charge in [-0.05, 0) is 71.2 Å². The lowest BCUT2D eigenvalue weighted by atomic mass is 10.2. The van der Waals surface area contributed by atoms with Crippen molar-refractivity contribution < 1.29 is 37.2 Å². The van der Waals surface area contributed by atoms with Gasteiger partial charge in [0.1, 0.15) is 5.82 Å². The molecule has 2 aliphatic heterocycles. The minimum absolute atomic E-state index is 0.0315. The molecule has 18 heteroatoms. The van der Waals surface area contributed by atoms with Crippen LogP contribution in [0.2, 0.25) is 0 Å². The summed E-state index contributed by atoms with van der Waals surface area (Å²) in [5, 5.41) is 7.74. The second kappa shape index (κ2) is 14.1. The molecule has 5 heterocycles. The van der Waals surface area contributed by atoms with Gasteiger partial charge >= 0.3 is 18.4 Å². The Morgan fingerprint density at radius 3 is 1.90 bits per heavy atom. The molecule has 5 rings (SSSR count). The number of anilines is 1. The van der Waals surface area contributed by atoms with Gasteiger partial charge in [0.2, 0.25) is 0 Å². The van der Waals surface area contributed by atoms with Gasteiger partial charge in [0.15, 0.2) is 0 Å². The largest absolute Gasteiger partial charge is 0.436 e. The van der Waals surface area contributed by atoms with Crippen molar-refractivity contribution in [2.24, 2.45) is 0 Å². The summed E-state index contributed by atoms with van der Waals surface area (Å²) in [5.41, 5.74) is -0.780. The number of carbonyl (C=O) groups is 2. The second-order valence-electron chi connectivity index (χ2n) is 9.35. The molecule has 0 radical (unpaired) electrons. The standard InChI is InChI=1S/C14H13F3IN5O2.C10H14IN3O3/c15-14(16,17)11-2-1-3-19-12(11)21-4-6-22(7-5-21)13(24)25-23-9-10(18)8-20-23;1-7-4-13(5-8(2)16-7)10(15)17-14-6-9(11)3-12-14/h1-3,8-9H,4-7H2;3,6-8H,4-5H2,1-2H3. The van der Waals surface area contributed by atoms with Crippen LogP contribution < -0.4 is 14.6 Å². The molecule has 2 amide bonds. The SMILES string of the molecule is CC1CN(C(=O)On2cc(I)cn2)CC(C)O1.O=C(On1cc(I)cn1)N1CCN(c2ncccc2C(F)(F)F)CC1. The molecule has 2 saturated heterocycles. The average Bonchev–Trinajstić information content (AvgIpc) is 3.54. The number of nitrogens with zero attached hydrogens (tertiary/aromatic N) is 8. The molecule has 0 N–H and O–H groups in total. The molecule has 2 atom stereocenters. The van der Waals surface area contributed by atoms with E-state index in [-0.39, 0.29) is 44.2 Å². The maximum Gasteiger partial charge on any atom is 0.436 e. The number of hydrogen-bond donors (Lipinski definition) is 0. The van der Waals surface area contributed by atoms with E-state index in [1.807, 2.05) is 36.4 Å². The first-order valence-electron chi connectivity index (χ1n) is 12.7. The molecule has 3 aromatic heterocycles. The predicted molar refractivity (Wildman–Crippen MR) is 158 cm³/mol. The molecular weight excluding hydrogens is 791 g/mol. The zero-order chi connectivity index (χ0) is 30.4. The predicted octanol–water partition coefficient (Wildman–Crippen LogP) is 3.42. The van der Waals surface area contributed by atoms with Crippen LogP contribution >= 0.6 is 45.2 Å². The molecule has 3 aromatic rings. The monoisotopic (exact) mass is 818 g/mol. The van der Waals surface area contributed by atoms with E-state index in [9.17, 15) is 22.8 Å². The Bertz CT molecular complexity index is 1360. The normalized spacial score (nSPS) is 19.2. The summed E-state index contributed by atoms with van der Waals surface area (Å²) in [7, 11) is 0. The molecule has 2 aliphatic rings. The van der Waals surface area contributed by atoms with Gasteiger partial charge in [0.25, 0.3) is 0 Å². The van der Waals surface area contributed by atoms with E-state index in [4.69, 9.17) is 14.4 Å². The summed E-state index contributed by atoms with van der Waals surface area (Å²) in [6.45, 7) is 5.87. The number of pyridine rings is 1. The number of morpholine rings is 1. The van der Waals surface area contributed by atoms with Crippen molar-refractivity contribution >= 4 is 63.2 Å². The van der Waals surface area contributed by atoms with E-state index in [0.29, 0.717) is 13.1 Å². The molecular formula is C24H27F3I2N8O5. The van der Waals surface area contributed by atoms with Crippen LogP contribution in [0.4, 0.5) is 28.6 Å². The Labute approximate surface area is 266 Å². The highest BCUT2D eigenvalue weighted by Crippen LogP contribution is 2.35. The highest BCUT2D eigenvalue weighted by molar-refractivity contribution is 14.1. The van der Waals surface area contributed by atoms with Crippen molar-refractivity contribution in [3.8, 4) is 0 Å².